The van der Waals surface area contributed by atoms with Crippen LogP contribution < -0.4 is 0 Å². The van der Waals surface area contributed by atoms with Crippen LogP contribution in [0.5, 0.6) is 0 Å². The lowest BCUT2D eigenvalue weighted by atomic mass is 9.91. The van der Waals surface area contributed by atoms with Gasteiger partial charge >= 0.3 is 0 Å². The summed E-state index contributed by atoms with van der Waals surface area (Å²) in [6, 6.07) is 18.4. The summed E-state index contributed by atoms with van der Waals surface area (Å²) in [6.45, 7) is 4.21. The second-order valence-electron chi connectivity index (χ2n) is 4.97. The first-order valence-corrected chi connectivity index (χ1v) is 6.48. The van der Waals surface area contributed by atoms with Gasteiger partial charge in [0.05, 0.1) is 0 Å². The quantitative estimate of drug-likeness (QED) is 0.765. The van der Waals surface area contributed by atoms with Crippen LogP contribution in [0.4, 0.5) is 0 Å². The van der Waals surface area contributed by atoms with Gasteiger partial charge in [-0.1, -0.05) is 61.2 Å². The van der Waals surface area contributed by atoms with Gasteiger partial charge in [-0.2, -0.15) is 0 Å². The molecule has 2 heterocycles. The molecule has 0 saturated carbocycles. The minimum absolute atomic E-state index is 0.0638. The summed E-state index contributed by atoms with van der Waals surface area (Å²) in [5, 5.41) is 0. The second kappa shape index (κ2) is 4.05. The molecule has 19 heavy (non-hydrogen) atoms. The van der Waals surface area contributed by atoms with Crippen molar-refractivity contribution in [2.75, 3.05) is 0 Å². The lowest BCUT2D eigenvalue weighted by Crippen LogP contribution is -2.19. The first kappa shape index (κ1) is 11.0. The number of ether oxygens (including phenoxy) is 2. The number of benzene rings is 2. The van der Waals surface area contributed by atoms with Gasteiger partial charge in [-0.3, -0.25) is 0 Å². The maximum atomic E-state index is 6.09. The molecule has 1 fully saturated rings. The van der Waals surface area contributed by atoms with Crippen LogP contribution in [0.15, 0.2) is 61.2 Å². The smallest absolute Gasteiger partial charge is 0.186 e. The average Bonchev–Trinajstić information content (AvgIpc) is 2.88. The van der Waals surface area contributed by atoms with Gasteiger partial charge in [0.1, 0.15) is 12.2 Å². The third-order valence-electron chi connectivity index (χ3n) is 3.85. The summed E-state index contributed by atoms with van der Waals surface area (Å²) in [4.78, 5) is 0. The summed E-state index contributed by atoms with van der Waals surface area (Å²) in [6.07, 6.45) is -0.412. The minimum atomic E-state index is -0.267. The third kappa shape index (κ3) is 1.57. The Labute approximate surface area is 112 Å². The summed E-state index contributed by atoms with van der Waals surface area (Å²) >= 11 is 0. The molecular formula is C17H14O2. The predicted octanol–water partition coefficient (Wildman–Crippen LogP) is 3.87. The molecule has 0 spiro atoms. The molecule has 0 aliphatic carbocycles. The molecule has 2 aliphatic rings. The van der Waals surface area contributed by atoms with Crippen LogP contribution in [0.1, 0.15) is 29.1 Å². The first-order chi connectivity index (χ1) is 9.34. The van der Waals surface area contributed by atoms with E-state index in [2.05, 4.69) is 30.8 Å². The molecule has 2 heteroatoms. The normalized spacial score (nSPS) is 28.2. The molecule has 3 atom stereocenters. The Hall–Kier alpha value is -1.90. The molecule has 0 unspecified atom stereocenters. The molecule has 2 aliphatic heterocycles. The Bertz CT molecular complexity index is 633. The van der Waals surface area contributed by atoms with Crippen LogP contribution in [0.2, 0.25) is 0 Å². The summed E-state index contributed by atoms with van der Waals surface area (Å²) in [5.41, 5.74) is 4.41. The van der Waals surface area contributed by atoms with E-state index in [-0.39, 0.29) is 18.5 Å². The van der Waals surface area contributed by atoms with E-state index in [1.165, 1.54) is 5.56 Å². The van der Waals surface area contributed by atoms with Crippen LogP contribution >= 0.6 is 0 Å². The lowest BCUT2D eigenvalue weighted by Gasteiger charge is -2.24. The van der Waals surface area contributed by atoms with Gasteiger partial charge in [0.2, 0.25) is 0 Å². The van der Waals surface area contributed by atoms with E-state index in [4.69, 9.17) is 9.47 Å². The summed E-state index contributed by atoms with van der Waals surface area (Å²) in [5.74, 6) is 0. The fourth-order valence-corrected chi connectivity index (χ4v) is 2.90. The zero-order valence-corrected chi connectivity index (χ0v) is 10.5. The van der Waals surface area contributed by atoms with Gasteiger partial charge in [0, 0.05) is 5.56 Å². The van der Waals surface area contributed by atoms with E-state index >= 15 is 0 Å². The monoisotopic (exact) mass is 250 g/mol. The minimum Gasteiger partial charge on any atom is -0.337 e. The molecular weight excluding hydrogens is 236 g/mol. The Kier molecular flexibility index (Phi) is 2.34. The van der Waals surface area contributed by atoms with Crippen molar-refractivity contribution in [2.24, 2.45) is 0 Å². The van der Waals surface area contributed by atoms with Gasteiger partial charge in [-0.25, -0.2) is 0 Å². The van der Waals surface area contributed by atoms with E-state index in [1.807, 2.05) is 30.3 Å². The topological polar surface area (TPSA) is 18.5 Å². The van der Waals surface area contributed by atoms with Crippen molar-refractivity contribution in [1.29, 1.82) is 0 Å². The zero-order valence-electron chi connectivity index (χ0n) is 10.5. The fourth-order valence-electron chi connectivity index (χ4n) is 2.90. The number of hydrogen-bond acceptors (Lipinski definition) is 2. The molecule has 0 aromatic heterocycles. The Morgan fingerprint density at radius 2 is 1.47 bits per heavy atom. The van der Waals surface area contributed by atoms with Crippen LogP contribution in [-0.2, 0) is 9.47 Å². The highest BCUT2D eigenvalue weighted by Gasteiger charge is 2.44. The Morgan fingerprint density at radius 3 is 2.32 bits per heavy atom. The SMILES string of the molecule is C=C1c2ccccc2[C@@H]2O[C@H]1[C@@H](c1ccccc1)O2. The molecule has 0 N–H and O–H groups in total. The van der Waals surface area contributed by atoms with E-state index in [9.17, 15) is 0 Å². The second-order valence-corrected chi connectivity index (χ2v) is 4.97. The highest BCUT2D eigenvalue weighted by atomic mass is 16.7. The average molecular weight is 250 g/mol. The van der Waals surface area contributed by atoms with Crippen molar-refractivity contribution >= 4 is 5.57 Å². The molecule has 2 nitrogen and oxygen atoms in total. The van der Waals surface area contributed by atoms with E-state index in [0.29, 0.717) is 0 Å². The van der Waals surface area contributed by atoms with Crippen molar-refractivity contribution in [3.63, 3.8) is 0 Å². The predicted molar refractivity (Wildman–Crippen MR) is 73.4 cm³/mol. The lowest BCUT2D eigenvalue weighted by molar-refractivity contribution is -0.0676. The molecule has 94 valence electrons. The zero-order chi connectivity index (χ0) is 12.8. The van der Waals surface area contributed by atoms with Crippen molar-refractivity contribution in [2.45, 2.75) is 18.5 Å². The fraction of sp³-hybridized carbons (Fsp3) is 0.176. The molecule has 1 saturated heterocycles. The molecule has 2 aromatic carbocycles. The summed E-state index contributed by atoms with van der Waals surface area (Å²) < 4.78 is 12.1. The van der Waals surface area contributed by atoms with E-state index in [0.717, 1.165) is 16.7 Å². The van der Waals surface area contributed by atoms with Crippen LogP contribution in [0, 0.1) is 0 Å². The largest absolute Gasteiger partial charge is 0.337 e. The van der Waals surface area contributed by atoms with Gasteiger partial charge in [0.15, 0.2) is 6.29 Å². The Balaban J connectivity index is 1.78. The van der Waals surface area contributed by atoms with E-state index in [1.54, 1.807) is 0 Å². The highest BCUT2D eigenvalue weighted by Crippen LogP contribution is 2.50. The van der Waals surface area contributed by atoms with Crippen molar-refractivity contribution in [1.82, 2.24) is 0 Å². The molecule has 2 bridgehead atoms. The number of hydrogen-bond donors (Lipinski definition) is 0. The van der Waals surface area contributed by atoms with Gasteiger partial charge in [0.25, 0.3) is 0 Å². The van der Waals surface area contributed by atoms with Crippen LogP contribution in [0.25, 0.3) is 5.57 Å². The van der Waals surface area contributed by atoms with Gasteiger partial charge < -0.3 is 9.47 Å². The standard InChI is InChI=1S/C17H14O2/c1-11-13-9-5-6-10-14(13)17-18-15(11)16(19-17)12-7-3-2-4-8-12/h2-10,15-17H,1H2/t15-,16-,17-/m1/s1. The van der Waals surface area contributed by atoms with Crippen molar-refractivity contribution in [3.8, 4) is 0 Å². The third-order valence-corrected chi connectivity index (χ3v) is 3.85. The number of rotatable bonds is 1. The van der Waals surface area contributed by atoms with Crippen molar-refractivity contribution in [3.05, 3.63) is 77.9 Å². The maximum absolute atomic E-state index is 6.09. The van der Waals surface area contributed by atoms with Gasteiger partial charge in [-0.05, 0) is 16.7 Å². The van der Waals surface area contributed by atoms with E-state index < -0.39 is 0 Å². The Morgan fingerprint density at radius 1 is 0.789 bits per heavy atom. The first-order valence-electron chi connectivity index (χ1n) is 6.48. The number of fused-ring (bicyclic) bond motifs is 4. The molecule has 2 aromatic rings. The highest BCUT2D eigenvalue weighted by molar-refractivity contribution is 5.72. The van der Waals surface area contributed by atoms with Crippen LogP contribution in [0.3, 0.4) is 0 Å². The van der Waals surface area contributed by atoms with Gasteiger partial charge in [-0.15, -0.1) is 0 Å². The molecule has 4 rings (SSSR count). The van der Waals surface area contributed by atoms with Crippen molar-refractivity contribution < 1.29 is 9.47 Å². The molecule has 0 radical (unpaired) electrons. The van der Waals surface area contributed by atoms with Crippen LogP contribution in [-0.4, -0.2) is 6.10 Å². The molecule has 0 amide bonds. The maximum Gasteiger partial charge on any atom is 0.186 e. The summed E-state index contributed by atoms with van der Waals surface area (Å²) in [7, 11) is 0.